The lowest BCUT2D eigenvalue weighted by Gasteiger charge is -2.34. The number of ether oxygens (including phenoxy) is 2. The van der Waals surface area contributed by atoms with E-state index in [1.165, 1.54) is 0 Å². The van der Waals surface area contributed by atoms with Gasteiger partial charge >= 0.3 is 12.1 Å². The van der Waals surface area contributed by atoms with E-state index in [0.29, 0.717) is 11.1 Å². The summed E-state index contributed by atoms with van der Waals surface area (Å²) in [4.78, 5) is 54.9. The van der Waals surface area contributed by atoms with Crippen LogP contribution in [0.1, 0.15) is 69.8 Å². The quantitative estimate of drug-likeness (QED) is 0.258. The maximum atomic E-state index is 14.2. The second-order valence-corrected chi connectivity index (χ2v) is 12.5. The van der Waals surface area contributed by atoms with Gasteiger partial charge in [0.15, 0.2) is 0 Å². The molecule has 0 saturated heterocycles. The summed E-state index contributed by atoms with van der Waals surface area (Å²) in [7, 11) is 0. The minimum absolute atomic E-state index is 0.104. The highest BCUT2D eigenvalue weighted by Gasteiger charge is 2.39. The number of hydrogen-bond acceptors (Lipinski definition) is 8. The highest BCUT2D eigenvalue weighted by molar-refractivity contribution is 5.94. The zero-order chi connectivity index (χ0) is 33.2. The van der Waals surface area contributed by atoms with E-state index in [9.17, 15) is 29.5 Å². The number of nitrogens with zero attached hydrogens (tertiary/aromatic N) is 2. The summed E-state index contributed by atoms with van der Waals surface area (Å²) in [6, 6.07) is 12.1. The van der Waals surface area contributed by atoms with E-state index < -0.39 is 66.4 Å². The molecule has 3 amide bonds. The number of carbonyl (C=O) groups is 4. The third-order valence-electron chi connectivity index (χ3n) is 6.49. The van der Waals surface area contributed by atoms with Crippen LogP contribution in [0.2, 0.25) is 0 Å². The molecular formula is C33H44N4O7. The van der Waals surface area contributed by atoms with Gasteiger partial charge < -0.3 is 30.1 Å². The van der Waals surface area contributed by atoms with Crippen molar-refractivity contribution < 1.29 is 33.8 Å². The first kappa shape index (κ1) is 35.8. The fraction of sp³-hybridized carbons (Fsp3) is 0.485. The number of rotatable bonds is 11. The number of aryl methyl sites for hydroxylation is 1. The van der Waals surface area contributed by atoms with Gasteiger partial charge in [0.2, 0.25) is 11.8 Å². The van der Waals surface area contributed by atoms with E-state index in [2.05, 4.69) is 10.6 Å². The van der Waals surface area contributed by atoms with E-state index >= 15 is 0 Å². The van der Waals surface area contributed by atoms with Gasteiger partial charge in [0.05, 0.1) is 12.7 Å². The number of aliphatic hydroxyl groups is 1. The molecule has 0 aliphatic carbocycles. The molecule has 0 heterocycles. The third kappa shape index (κ3) is 10.7. The predicted molar refractivity (Wildman–Crippen MR) is 164 cm³/mol. The molecule has 2 aromatic rings. The van der Waals surface area contributed by atoms with Gasteiger partial charge in [0.25, 0.3) is 0 Å². The second-order valence-electron chi connectivity index (χ2n) is 12.5. The zero-order valence-electron chi connectivity index (χ0n) is 26.8. The molecular weight excluding hydrogens is 564 g/mol. The van der Waals surface area contributed by atoms with Crippen LogP contribution in [0, 0.1) is 25.2 Å². The van der Waals surface area contributed by atoms with Gasteiger partial charge in [0, 0.05) is 6.42 Å². The summed E-state index contributed by atoms with van der Waals surface area (Å²) >= 11 is 0. The first-order valence-electron chi connectivity index (χ1n) is 14.4. The SMILES string of the molecule is Cc1cccc(C(C(=O)NC(Cc2ccccc2)C(=O)OC(C)(C)C)N(CC#N)C(=O)C(CO)NC(=O)OC(C)(C)C)c1C. The van der Waals surface area contributed by atoms with E-state index in [-0.39, 0.29) is 6.42 Å². The molecule has 0 aliphatic heterocycles. The summed E-state index contributed by atoms with van der Waals surface area (Å²) in [5, 5.41) is 24.9. The van der Waals surface area contributed by atoms with Crippen LogP contribution >= 0.6 is 0 Å². The lowest BCUT2D eigenvalue weighted by Crippen LogP contribution is -2.56. The number of alkyl carbamates (subject to hydrolysis) is 1. The molecule has 238 valence electrons. The highest BCUT2D eigenvalue weighted by Crippen LogP contribution is 2.28. The molecule has 0 aromatic heterocycles. The Kier molecular flexibility index (Phi) is 12.5. The first-order chi connectivity index (χ1) is 20.5. The summed E-state index contributed by atoms with van der Waals surface area (Å²) in [6.45, 7) is 12.3. The Morgan fingerprint density at radius 3 is 2.05 bits per heavy atom. The topological polar surface area (TPSA) is 158 Å². The van der Waals surface area contributed by atoms with Gasteiger partial charge in [-0.15, -0.1) is 0 Å². The Morgan fingerprint density at radius 2 is 1.50 bits per heavy atom. The molecule has 0 radical (unpaired) electrons. The van der Waals surface area contributed by atoms with Gasteiger partial charge in [-0.3, -0.25) is 9.59 Å². The number of nitrogens with one attached hydrogen (secondary N) is 2. The normalized spacial score (nSPS) is 13.5. The predicted octanol–water partition coefficient (Wildman–Crippen LogP) is 3.65. The molecule has 0 spiro atoms. The average molecular weight is 609 g/mol. The molecule has 3 atom stereocenters. The number of hydrogen-bond donors (Lipinski definition) is 3. The van der Waals surface area contributed by atoms with E-state index in [0.717, 1.165) is 16.0 Å². The van der Waals surface area contributed by atoms with Crippen molar-refractivity contribution in [2.24, 2.45) is 0 Å². The summed E-state index contributed by atoms with van der Waals surface area (Å²) in [5.41, 5.74) is 0.953. The molecule has 0 fully saturated rings. The number of benzene rings is 2. The van der Waals surface area contributed by atoms with Crippen molar-refractivity contribution in [1.82, 2.24) is 15.5 Å². The van der Waals surface area contributed by atoms with Crippen LogP contribution in [0.5, 0.6) is 0 Å². The van der Waals surface area contributed by atoms with Gasteiger partial charge in [-0.25, -0.2) is 9.59 Å². The van der Waals surface area contributed by atoms with Crippen LogP contribution < -0.4 is 10.6 Å². The number of aliphatic hydroxyl groups excluding tert-OH is 1. The van der Waals surface area contributed by atoms with Crippen molar-refractivity contribution in [3.8, 4) is 6.07 Å². The van der Waals surface area contributed by atoms with Crippen LogP contribution in [0.15, 0.2) is 48.5 Å². The first-order valence-corrected chi connectivity index (χ1v) is 14.4. The number of esters is 1. The molecule has 2 aromatic carbocycles. The molecule has 2 rings (SSSR count). The Bertz CT molecular complexity index is 1360. The molecule has 44 heavy (non-hydrogen) atoms. The lowest BCUT2D eigenvalue weighted by molar-refractivity contribution is -0.159. The number of carbonyl (C=O) groups excluding carboxylic acids is 4. The standard InChI is InChI=1S/C33H44N4O7/c1-21-13-12-16-24(22(21)2)27(37(18-17-34)29(40)26(20-38)36-31(42)44-33(6,7)8)28(39)35-25(30(41)43-32(3,4)5)19-23-14-10-9-11-15-23/h9-16,25-27,38H,18-20H2,1-8H3,(H,35,39)(H,36,42). The van der Waals surface area contributed by atoms with Crippen LogP contribution in [0.4, 0.5) is 4.79 Å². The second kappa shape index (κ2) is 15.3. The van der Waals surface area contributed by atoms with Crippen LogP contribution in [-0.2, 0) is 30.3 Å². The summed E-state index contributed by atoms with van der Waals surface area (Å²) in [5.74, 6) is -2.31. The Labute approximate surface area is 259 Å². The lowest BCUT2D eigenvalue weighted by atomic mass is 9.94. The van der Waals surface area contributed by atoms with Crippen molar-refractivity contribution in [2.45, 2.75) is 91.1 Å². The van der Waals surface area contributed by atoms with Gasteiger partial charge in [0.1, 0.15) is 35.9 Å². The highest BCUT2D eigenvalue weighted by atomic mass is 16.6. The number of nitriles is 1. The number of amides is 3. The van der Waals surface area contributed by atoms with Crippen molar-refractivity contribution in [1.29, 1.82) is 5.26 Å². The molecule has 11 heteroatoms. The molecule has 0 aliphatic rings. The van der Waals surface area contributed by atoms with Crippen LogP contribution in [-0.4, -0.2) is 70.3 Å². The minimum Gasteiger partial charge on any atom is -0.458 e. The van der Waals surface area contributed by atoms with Crippen LogP contribution in [0.3, 0.4) is 0 Å². The third-order valence-corrected chi connectivity index (χ3v) is 6.49. The van der Waals surface area contributed by atoms with E-state index in [1.54, 1.807) is 60.6 Å². The van der Waals surface area contributed by atoms with Crippen molar-refractivity contribution >= 4 is 23.9 Å². The summed E-state index contributed by atoms with van der Waals surface area (Å²) < 4.78 is 10.8. The maximum Gasteiger partial charge on any atom is 0.408 e. The Hall–Kier alpha value is -4.43. The molecule has 0 bridgehead atoms. The fourth-order valence-corrected chi connectivity index (χ4v) is 4.40. The smallest absolute Gasteiger partial charge is 0.408 e. The largest absolute Gasteiger partial charge is 0.458 e. The molecule has 3 N–H and O–H groups in total. The van der Waals surface area contributed by atoms with E-state index in [1.807, 2.05) is 49.4 Å². The zero-order valence-corrected chi connectivity index (χ0v) is 26.8. The monoisotopic (exact) mass is 608 g/mol. The van der Waals surface area contributed by atoms with Gasteiger partial charge in [-0.1, -0.05) is 48.5 Å². The van der Waals surface area contributed by atoms with Crippen LogP contribution in [0.25, 0.3) is 0 Å². The van der Waals surface area contributed by atoms with Crippen molar-refractivity contribution in [3.05, 3.63) is 70.8 Å². The molecule has 0 saturated carbocycles. The Balaban J connectivity index is 2.59. The molecule has 3 unspecified atom stereocenters. The van der Waals surface area contributed by atoms with Gasteiger partial charge in [-0.05, 0) is 77.6 Å². The average Bonchev–Trinajstić information content (AvgIpc) is 2.91. The van der Waals surface area contributed by atoms with E-state index in [4.69, 9.17) is 9.47 Å². The minimum atomic E-state index is -1.52. The summed E-state index contributed by atoms with van der Waals surface area (Å²) in [6.07, 6.45) is -0.852. The fourth-order valence-electron chi connectivity index (χ4n) is 4.40. The molecule has 11 nitrogen and oxygen atoms in total. The van der Waals surface area contributed by atoms with Crippen molar-refractivity contribution in [3.63, 3.8) is 0 Å². The van der Waals surface area contributed by atoms with Gasteiger partial charge in [-0.2, -0.15) is 5.26 Å². The Morgan fingerprint density at radius 1 is 0.886 bits per heavy atom. The maximum absolute atomic E-state index is 14.2. The van der Waals surface area contributed by atoms with Crippen molar-refractivity contribution in [2.75, 3.05) is 13.2 Å².